The Hall–Kier alpha value is -2.11. The molecule has 30 heavy (non-hydrogen) atoms. The number of rotatable bonds is 6. The number of ether oxygens (including phenoxy) is 1. The minimum absolute atomic E-state index is 0.0678. The standard InChI is InChI=1S/C18H22F5NO5S/c1-18(2,3)28-17(25)24-8-4-6-10(24)7-5-9-30(26,27)29-16-14(22)12(20)11(19)13(21)15(16)23/h10H,4-9H2,1-3H3. The van der Waals surface area contributed by atoms with E-state index in [0.717, 1.165) is 0 Å². The second-order valence-electron chi connectivity index (χ2n) is 7.86. The summed E-state index contributed by atoms with van der Waals surface area (Å²) < 4.78 is 100. The van der Waals surface area contributed by atoms with Gasteiger partial charge in [-0.25, -0.2) is 18.0 Å². The van der Waals surface area contributed by atoms with Crippen molar-refractivity contribution in [3.05, 3.63) is 29.1 Å². The zero-order valence-electron chi connectivity index (χ0n) is 16.6. The molecule has 2 rings (SSSR count). The molecule has 0 aliphatic carbocycles. The molecule has 1 amide bonds. The van der Waals surface area contributed by atoms with E-state index in [-0.39, 0.29) is 18.9 Å². The van der Waals surface area contributed by atoms with Crippen molar-refractivity contribution in [3.63, 3.8) is 0 Å². The van der Waals surface area contributed by atoms with Gasteiger partial charge in [-0.2, -0.15) is 17.2 Å². The SMILES string of the molecule is CC(C)(C)OC(=O)N1CCCC1CCCS(=O)(=O)Oc1c(F)c(F)c(F)c(F)c1F. The zero-order chi connectivity index (χ0) is 22.9. The molecule has 1 aromatic rings. The van der Waals surface area contributed by atoms with Gasteiger partial charge in [0.15, 0.2) is 0 Å². The number of amides is 1. The quantitative estimate of drug-likeness (QED) is 0.275. The lowest BCUT2D eigenvalue weighted by atomic mass is 10.1. The molecule has 1 aliphatic heterocycles. The Bertz CT molecular complexity index is 888. The van der Waals surface area contributed by atoms with Gasteiger partial charge in [-0.05, 0) is 46.5 Å². The van der Waals surface area contributed by atoms with Crippen LogP contribution in [0.1, 0.15) is 46.5 Å². The number of hydrogen-bond acceptors (Lipinski definition) is 5. The lowest BCUT2D eigenvalue weighted by molar-refractivity contribution is 0.0220. The van der Waals surface area contributed by atoms with E-state index >= 15 is 0 Å². The molecule has 1 unspecified atom stereocenters. The molecule has 1 atom stereocenters. The molecule has 12 heteroatoms. The fraction of sp³-hybridized carbons (Fsp3) is 0.611. The van der Waals surface area contributed by atoms with Gasteiger partial charge in [-0.1, -0.05) is 0 Å². The Morgan fingerprint density at radius 3 is 2.10 bits per heavy atom. The van der Waals surface area contributed by atoms with Crippen LogP contribution in [-0.4, -0.2) is 43.4 Å². The Balaban J connectivity index is 2.00. The van der Waals surface area contributed by atoms with E-state index in [4.69, 9.17) is 4.74 Å². The molecule has 0 radical (unpaired) electrons. The monoisotopic (exact) mass is 459 g/mol. The summed E-state index contributed by atoms with van der Waals surface area (Å²) in [6, 6.07) is -0.302. The number of benzene rings is 1. The van der Waals surface area contributed by atoms with Gasteiger partial charge >= 0.3 is 16.2 Å². The van der Waals surface area contributed by atoms with Gasteiger partial charge in [-0.3, -0.25) is 0 Å². The number of carbonyl (C=O) groups excluding carboxylic acids is 1. The molecule has 1 saturated heterocycles. The molecule has 0 aromatic heterocycles. The van der Waals surface area contributed by atoms with E-state index in [0.29, 0.717) is 19.4 Å². The molecule has 0 N–H and O–H groups in total. The van der Waals surface area contributed by atoms with E-state index in [1.54, 1.807) is 20.8 Å². The van der Waals surface area contributed by atoms with Crippen molar-refractivity contribution in [1.29, 1.82) is 0 Å². The van der Waals surface area contributed by atoms with Gasteiger partial charge in [0.05, 0.1) is 5.75 Å². The van der Waals surface area contributed by atoms with Crippen LogP contribution in [0.15, 0.2) is 0 Å². The average molecular weight is 459 g/mol. The van der Waals surface area contributed by atoms with E-state index < -0.39 is 62.4 Å². The molecule has 0 spiro atoms. The van der Waals surface area contributed by atoms with Crippen LogP contribution in [0.4, 0.5) is 26.7 Å². The minimum atomic E-state index is -4.65. The molecule has 1 fully saturated rings. The Kier molecular flexibility index (Phi) is 7.20. The Labute approximate surface area is 171 Å². The first-order chi connectivity index (χ1) is 13.7. The zero-order valence-corrected chi connectivity index (χ0v) is 17.4. The molecule has 0 saturated carbocycles. The van der Waals surface area contributed by atoms with Crippen LogP contribution < -0.4 is 4.18 Å². The lowest BCUT2D eigenvalue weighted by Gasteiger charge is -2.28. The van der Waals surface area contributed by atoms with Crippen molar-refractivity contribution in [1.82, 2.24) is 4.90 Å². The minimum Gasteiger partial charge on any atom is -0.444 e. The maximum Gasteiger partial charge on any atom is 0.410 e. The molecule has 170 valence electrons. The van der Waals surface area contributed by atoms with Crippen LogP contribution in [0, 0.1) is 29.1 Å². The molecular formula is C18H22F5NO5S. The second kappa shape index (κ2) is 8.94. The van der Waals surface area contributed by atoms with E-state index in [1.165, 1.54) is 4.90 Å². The number of hydrogen-bond donors (Lipinski definition) is 0. The smallest absolute Gasteiger partial charge is 0.410 e. The highest BCUT2D eigenvalue weighted by atomic mass is 32.2. The number of carbonyl (C=O) groups is 1. The van der Waals surface area contributed by atoms with Crippen LogP contribution in [-0.2, 0) is 14.9 Å². The third kappa shape index (κ3) is 5.73. The maximum atomic E-state index is 13.6. The molecule has 6 nitrogen and oxygen atoms in total. The first-order valence-electron chi connectivity index (χ1n) is 9.16. The summed E-state index contributed by atoms with van der Waals surface area (Å²) in [7, 11) is -4.65. The molecule has 1 aliphatic rings. The topological polar surface area (TPSA) is 72.9 Å². The van der Waals surface area contributed by atoms with E-state index in [2.05, 4.69) is 4.18 Å². The summed E-state index contributed by atoms with van der Waals surface area (Å²) in [6.45, 7) is 5.56. The van der Waals surface area contributed by atoms with E-state index in [1.807, 2.05) is 0 Å². The highest BCUT2D eigenvalue weighted by Gasteiger charge is 2.33. The summed E-state index contributed by atoms with van der Waals surface area (Å²) in [4.78, 5) is 13.7. The van der Waals surface area contributed by atoms with Gasteiger partial charge < -0.3 is 13.8 Å². The van der Waals surface area contributed by atoms with Crippen molar-refractivity contribution < 1.29 is 44.1 Å². The first kappa shape index (κ1) is 24.2. The highest BCUT2D eigenvalue weighted by Crippen LogP contribution is 2.30. The van der Waals surface area contributed by atoms with Crippen LogP contribution in [0.3, 0.4) is 0 Å². The van der Waals surface area contributed by atoms with Crippen LogP contribution in [0.25, 0.3) is 0 Å². The van der Waals surface area contributed by atoms with E-state index in [9.17, 15) is 35.2 Å². The largest absolute Gasteiger partial charge is 0.444 e. The van der Waals surface area contributed by atoms with Crippen molar-refractivity contribution in [2.75, 3.05) is 12.3 Å². The fourth-order valence-electron chi connectivity index (χ4n) is 3.02. The lowest BCUT2D eigenvalue weighted by Crippen LogP contribution is -2.40. The normalized spacial score (nSPS) is 17.3. The van der Waals surface area contributed by atoms with Crippen molar-refractivity contribution in [2.45, 2.75) is 58.1 Å². The summed E-state index contributed by atoms with van der Waals surface area (Å²) in [5.74, 6) is -14.4. The first-order valence-corrected chi connectivity index (χ1v) is 10.7. The third-order valence-corrected chi connectivity index (χ3v) is 5.53. The van der Waals surface area contributed by atoms with Gasteiger partial charge in [0, 0.05) is 12.6 Å². The van der Waals surface area contributed by atoms with Gasteiger partial charge in [-0.15, -0.1) is 0 Å². The van der Waals surface area contributed by atoms with Crippen molar-refractivity contribution in [3.8, 4) is 5.75 Å². The van der Waals surface area contributed by atoms with Crippen LogP contribution in [0.5, 0.6) is 5.75 Å². The van der Waals surface area contributed by atoms with Crippen molar-refractivity contribution >= 4 is 16.2 Å². The Morgan fingerprint density at radius 2 is 1.57 bits per heavy atom. The third-order valence-electron chi connectivity index (χ3n) is 4.32. The van der Waals surface area contributed by atoms with Gasteiger partial charge in [0.25, 0.3) is 0 Å². The molecular weight excluding hydrogens is 437 g/mol. The van der Waals surface area contributed by atoms with Crippen LogP contribution >= 0.6 is 0 Å². The van der Waals surface area contributed by atoms with Gasteiger partial charge in [0.1, 0.15) is 5.60 Å². The number of nitrogens with zero attached hydrogens (tertiary/aromatic N) is 1. The summed E-state index contributed by atoms with van der Waals surface area (Å²) >= 11 is 0. The molecule has 0 bridgehead atoms. The average Bonchev–Trinajstić information content (AvgIpc) is 3.09. The Morgan fingerprint density at radius 1 is 1.03 bits per heavy atom. The summed E-state index contributed by atoms with van der Waals surface area (Å²) in [5, 5.41) is 0. The van der Waals surface area contributed by atoms with Gasteiger partial charge in [0.2, 0.25) is 34.8 Å². The predicted octanol–water partition coefficient (Wildman–Crippen LogP) is 4.27. The fourth-order valence-corrected chi connectivity index (χ4v) is 4.02. The number of likely N-dealkylation sites (tertiary alicyclic amines) is 1. The summed E-state index contributed by atoms with van der Waals surface area (Å²) in [5.41, 5.74) is -0.699. The second-order valence-corrected chi connectivity index (χ2v) is 9.55. The molecule has 1 heterocycles. The number of halogens is 5. The maximum absolute atomic E-state index is 13.6. The van der Waals surface area contributed by atoms with Crippen LogP contribution in [0.2, 0.25) is 0 Å². The van der Waals surface area contributed by atoms with Crippen molar-refractivity contribution in [2.24, 2.45) is 0 Å². The predicted molar refractivity (Wildman–Crippen MR) is 95.8 cm³/mol. The summed E-state index contributed by atoms with van der Waals surface area (Å²) in [6.07, 6.45) is 0.918. The molecule has 1 aromatic carbocycles. The highest BCUT2D eigenvalue weighted by molar-refractivity contribution is 7.87.